The van der Waals surface area contributed by atoms with Gasteiger partial charge in [-0.05, 0) is 39.0 Å². The fourth-order valence-electron chi connectivity index (χ4n) is 1.45. The van der Waals surface area contributed by atoms with E-state index in [2.05, 4.69) is 4.98 Å². The molecular weight excluding hydrogens is 234 g/mol. The van der Waals surface area contributed by atoms with Gasteiger partial charge in [0.2, 0.25) is 5.89 Å². The fraction of sp³-hybridized carbons (Fsp3) is 0.385. The molecule has 18 heavy (non-hydrogen) atoms. The SMILES string of the molecule is CC(C)(C)OCc1nc2ccc(C(=O)O)cc2o1. The number of carboxylic acid groups (broad SMARTS) is 1. The minimum absolute atomic E-state index is 0.182. The van der Waals surface area contributed by atoms with Crippen molar-refractivity contribution in [3.05, 3.63) is 29.7 Å². The number of oxazole rings is 1. The van der Waals surface area contributed by atoms with Crippen LogP contribution in [0.4, 0.5) is 0 Å². The smallest absolute Gasteiger partial charge is 0.335 e. The molecule has 1 aromatic heterocycles. The zero-order valence-corrected chi connectivity index (χ0v) is 10.6. The minimum Gasteiger partial charge on any atom is -0.478 e. The van der Waals surface area contributed by atoms with Gasteiger partial charge in [-0.25, -0.2) is 9.78 Å². The highest BCUT2D eigenvalue weighted by atomic mass is 16.5. The maximum Gasteiger partial charge on any atom is 0.335 e. The molecule has 0 aliphatic carbocycles. The van der Waals surface area contributed by atoms with E-state index in [1.807, 2.05) is 20.8 Å². The van der Waals surface area contributed by atoms with Crippen LogP contribution in [0.5, 0.6) is 0 Å². The number of hydrogen-bond donors (Lipinski definition) is 1. The molecule has 0 fully saturated rings. The molecule has 0 amide bonds. The molecule has 1 aromatic carbocycles. The van der Waals surface area contributed by atoms with Gasteiger partial charge < -0.3 is 14.3 Å². The van der Waals surface area contributed by atoms with Crippen LogP contribution in [0.3, 0.4) is 0 Å². The molecule has 5 nitrogen and oxygen atoms in total. The van der Waals surface area contributed by atoms with Crippen LogP contribution in [-0.2, 0) is 11.3 Å². The Balaban J connectivity index is 2.24. The topological polar surface area (TPSA) is 72.6 Å². The van der Waals surface area contributed by atoms with Crippen molar-refractivity contribution >= 4 is 17.1 Å². The highest BCUT2D eigenvalue weighted by molar-refractivity contribution is 5.91. The van der Waals surface area contributed by atoms with Crippen LogP contribution in [0.25, 0.3) is 11.1 Å². The Bertz CT molecular complexity index is 580. The fourth-order valence-corrected chi connectivity index (χ4v) is 1.45. The van der Waals surface area contributed by atoms with Crippen LogP contribution < -0.4 is 0 Å². The van der Waals surface area contributed by atoms with Crippen molar-refractivity contribution < 1.29 is 19.1 Å². The third kappa shape index (κ3) is 2.87. The molecule has 0 radical (unpaired) electrons. The Morgan fingerprint density at radius 2 is 2.17 bits per heavy atom. The van der Waals surface area contributed by atoms with E-state index in [1.165, 1.54) is 12.1 Å². The minimum atomic E-state index is -0.985. The van der Waals surface area contributed by atoms with E-state index in [0.29, 0.717) is 17.0 Å². The highest BCUT2D eigenvalue weighted by Gasteiger charge is 2.14. The van der Waals surface area contributed by atoms with Crippen LogP contribution in [-0.4, -0.2) is 21.7 Å². The number of hydrogen-bond acceptors (Lipinski definition) is 4. The zero-order valence-electron chi connectivity index (χ0n) is 10.6. The summed E-state index contributed by atoms with van der Waals surface area (Å²) >= 11 is 0. The van der Waals surface area contributed by atoms with Crippen LogP contribution in [0.15, 0.2) is 22.6 Å². The van der Waals surface area contributed by atoms with Gasteiger partial charge >= 0.3 is 5.97 Å². The summed E-state index contributed by atoms with van der Waals surface area (Å²) in [7, 11) is 0. The number of ether oxygens (including phenoxy) is 1. The van der Waals surface area contributed by atoms with E-state index in [9.17, 15) is 4.79 Å². The molecule has 1 heterocycles. The Hall–Kier alpha value is -1.88. The number of rotatable bonds is 3. The van der Waals surface area contributed by atoms with Crippen molar-refractivity contribution in [1.82, 2.24) is 4.98 Å². The second kappa shape index (κ2) is 4.42. The zero-order chi connectivity index (χ0) is 13.3. The van der Waals surface area contributed by atoms with E-state index in [-0.39, 0.29) is 17.8 Å². The van der Waals surface area contributed by atoms with Crippen LogP contribution in [0, 0.1) is 0 Å². The molecule has 0 atom stereocenters. The summed E-state index contributed by atoms with van der Waals surface area (Å²) in [5.41, 5.74) is 1.00. The van der Waals surface area contributed by atoms with E-state index < -0.39 is 5.97 Å². The largest absolute Gasteiger partial charge is 0.478 e. The number of aromatic nitrogens is 1. The standard InChI is InChI=1S/C13H15NO4/c1-13(2,3)17-7-11-14-9-5-4-8(12(15)16)6-10(9)18-11/h4-6H,7H2,1-3H3,(H,15,16). The molecule has 0 saturated heterocycles. The quantitative estimate of drug-likeness (QED) is 0.905. The summed E-state index contributed by atoms with van der Waals surface area (Å²) in [6, 6.07) is 4.59. The molecule has 0 unspecified atom stereocenters. The maximum atomic E-state index is 10.8. The number of nitrogens with zero attached hydrogens (tertiary/aromatic N) is 1. The third-order valence-electron chi connectivity index (χ3n) is 2.31. The molecule has 1 N–H and O–H groups in total. The second-order valence-electron chi connectivity index (χ2n) is 5.00. The van der Waals surface area contributed by atoms with Gasteiger partial charge in [0.05, 0.1) is 11.2 Å². The number of benzene rings is 1. The molecule has 0 spiro atoms. The van der Waals surface area contributed by atoms with Gasteiger partial charge in [-0.3, -0.25) is 0 Å². The second-order valence-corrected chi connectivity index (χ2v) is 5.00. The first-order valence-corrected chi connectivity index (χ1v) is 5.62. The molecule has 0 aliphatic rings. The molecule has 2 aromatic rings. The molecule has 0 aliphatic heterocycles. The van der Waals surface area contributed by atoms with E-state index >= 15 is 0 Å². The molecule has 0 saturated carbocycles. The average Bonchev–Trinajstić information content (AvgIpc) is 2.66. The Kier molecular flexibility index (Phi) is 3.09. The van der Waals surface area contributed by atoms with Crippen LogP contribution >= 0.6 is 0 Å². The summed E-state index contributed by atoms with van der Waals surface area (Å²) < 4.78 is 11.0. The van der Waals surface area contributed by atoms with E-state index in [1.54, 1.807) is 6.07 Å². The van der Waals surface area contributed by atoms with Gasteiger partial charge in [-0.1, -0.05) is 0 Å². The van der Waals surface area contributed by atoms with Gasteiger partial charge in [0.25, 0.3) is 0 Å². The van der Waals surface area contributed by atoms with Gasteiger partial charge in [0, 0.05) is 0 Å². The summed E-state index contributed by atoms with van der Waals surface area (Å²) in [5.74, 6) is -0.539. The van der Waals surface area contributed by atoms with Crippen molar-refractivity contribution in [2.45, 2.75) is 33.0 Å². The summed E-state index contributed by atoms with van der Waals surface area (Å²) in [5, 5.41) is 8.87. The molecule has 96 valence electrons. The molecular formula is C13H15NO4. The van der Waals surface area contributed by atoms with E-state index in [0.717, 1.165) is 0 Å². The average molecular weight is 249 g/mol. The summed E-state index contributed by atoms with van der Waals surface area (Å²) in [6.07, 6.45) is 0. The number of aromatic carboxylic acids is 1. The first-order valence-electron chi connectivity index (χ1n) is 5.62. The number of carbonyl (C=O) groups is 1. The van der Waals surface area contributed by atoms with Gasteiger partial charge in [-0.2, -0.15) is 0 Å². The molecule has 2 rings (SSSR count). The molecule has 0 bridgehead atoms. The summed E-state index contributed by atoms with van der Waals surface area (Å²) in [4.78, 5) is 15.1. The van der Waals surface area contributed by atoms with Crippen LogP contribution in [0.1, 0.15) is 37.0 Å². The Morgan fingerprint density at radius 3 is 2.78 bits per heavy atom. The summed E-state index contributed by atoms with van der Waals surface area (Å²) in [6.45, 7) is 6.09. The van der Waals surface area contributed by atoms with Crippen molar-refractivity contribution in [2.75, 3.05) is 0 Å². The Labute approximate surface area is 104 Å². The van der Waals surface area contributed by atoms with Crippen molar-refractivity contribution in [1.29, 1.82) is 0 Å². The van der Waals surface area contributed by atoms with Gasteiger partial charge in [-0.15, -0.1) is 0 Å². The monoisotopic (exact) mass is 249 g/mol. The predicted molar refractivity (Wildman–Crippen MR) is 65.5 cm³/mol. The lowest BCUT2D eigenvalue weighted by molar-refractivity contribution is -0.0238. The van der Waals surface area contributed by atoms with Crippen molar-refractivity contribution in [2.24, 2.45) is 0 Å². The van der Waals surface area contributed by atoms with E-state index in [4.69, 9.17) is 14.3 Å². The normalized spacial score (nSPS) is 11.9. The lowest BCUT2D eigenvalue weighted by Crippen LogP contribution is -2.18. The highest BCUT2D eigenvalue weighted by Crippen LogP contribution is 2.19. The van der Waals surface area contributed by atoms with Gasteiger partial charge in [0.15, 0.2) is 5.58 Å². The Morgan fingerprint density at radius 1 is 1.44 bits per heavy atom. The first-order chi connectivity index (χ1) is 8.35. The third-order valence-corrected chi connectivity index (χ3v) is 2.31. The van der Waals surface area contributed by atoms with Crippen molar-refractivity contribution in [3.8, 4) is 0 Å². The molecule has 5 heteroatoms. The van der Waals surface area contributed by atoms with Crippen LogP contribution in [0.2, 0.25) is 0 Å². The van der Waals surface area contributed by atoms with Gasteiger partial charge in [0.1, 0.15) is 12.1 Å². The van der Waals surface area contributed by atoms with Crippen molar-refractivity contribution in [3.63, 3.8) is 0 Å². The number of carboxylic acids is 1. The predicted octanol–water partition coefficient (Wildman–Crippen LogP) is 2.84. The lowest BCUT2D eigenvalue weighted by atomic mass is 10.2. The first kappa shape index (κ1) is 12.6. The lowest BCUT2D eigenvalue weighted by Gasteiger charge is -2.17. The number of fused-ring (bicyclic) bond motifs is 1. The maximum absolute atomic E-state index is 10.8.